The average Bonchev–Trinajstić information content (AvgIpc) is 3.06. The van der Waals surface area contributed by atoms with Crippen molar-refractivity contribution in [1.82, 2.24) is 10.2 Å². The van der Waals surface area contributed by atoms with Gasteiger partial charge in [0.05, 0.1) is 10.6 Å². The number of nitro groups is 1. The molecule has 0 radical (unpaired) electrons. The number of anilines is 1. The summed E-state index contributed by atoms with van der Waals surface area (Å²) in [5, 5.41) is 20.8. The first-order chi connectivity index (χ1) is 11.5. The number of H-pyrrole nitrogens is 1. The standard InChI is InChI=1S/C16H11ClN4O3/c17-11-7-5-10(6-8-11)13-9-14(20-19-13)16(22)18-12-3-1-2-4-15(12)21(23)24/h1-9H,(H,18,22)(H,19,20). The molecule has 0 aliphatic heterocycles. The van der Waals surface area contributed by atoms with E-state index in [2.05, 4.69) is 15.5 Å². The zero-order valence-electron chi connectivity index (χ0n) is 12.2. The summed E-state index contributed by atoms with van der Waals surface area (Å²) in [6.45, 7) is 0. The number of aromatic amines is 1. The number of para-hydroxylation sites is 2. The molecular weight excluding hydrogens is 332 g/mol. The Hall–Kier alpha value is -3.19. The molecule has 0 aliphatic carbocycles. The SMILES string of the molecule is O=C(Nc1ccccc1[N+](=O)[O-])c1cc(-c2ccc(Cl)cc2)n[nH]1. The first kappa shape index (κ1) is 15.7. The largest absolute Gasteiger partial charge is 0.315 e. The monoisotopic (exact) mass is 342 g/mol. The molecule has 0 fully saturated rings. The number of rotatable bonds is 4. The molecule has 3 aromatic rings. The quantitative estimate of drug-likeness (QED) is 0.554. The number of hydrogen-bond donors (Lipinski definition) is 2. The van der Waals surface area contributed by atoms with Crippen LogP contribution in [-0.2, 0) is 0 Å². The summed E-state index contributed by atoms with van der Waals surface area (Å²) >= 11 is 5.84. The van der Waals surface area contributed by atoms with E-state index >= 15 is 0 Å². The second kappa shape index (κ2) is 6.51. The number of aromatic nitrogens is 2. The van der Waals surface area contributed by atoms with E-state index in [9.17, 15) is 14.9 Å². The highest BCUT2D eigenvalue weighted by Gasteiger charge is 2.17. The topological polar surface area (TPSA) is 101 Å². The fourth-order valence-electron chi connectivity index (χ4n) is 2.13. The van der Waals surface area contributed by atoms with Crippen molar-refractivity contribution in [1.29, 1.82) is 0 Å². The maximum atomic E-state index is 12.3. The van der Waals surface area contributed by atoms with Gasteiger partial charge in [0.1, 0.15) is 11.4 Å². The van der Waals surface area contributed by atoms with Crippen molar-refractivity contribution < 1.29 is 9.72 Å². The van der Waals surface area contributed by atoms with Crippen LogP contribution in [0.5, 0.6) is 0 Å². The van der Waals surface area contributed by atoms with Crippen LogP contribution < -0.4 is 5.32 Å². The van der Waals surface area contributed by atoms with E-state index in [1.165, 1.54) is 18.2 Å². The third-order valence-corrected chi connectivity index (χ3v) is 3.56. The van der Waals surface area contributed by atoms with Gasteiger partial charge in [-0.05, 0) is 24.3 Å². The second-order valence-electron chi connectivity index (χ2n) is 4.90. The molecule has 1 heterocycles. The third kappa shape index (κ3) is 3.26. The Morgan fingerprint density at radius 1 is 1.17 bits per heavy atom. The maximum absolute atomic E-state index is 12.3. The Labute approximate surface area is 141 Å². The first-order valence-electron chi connectivity index (χ1n) is 6.91. The second-order valence-corrected chi connectivity index (χ2v) is 5.34. The van der Waals surface area contributed by atoms with Gasteiger partial charge in [-0.25, -0.2) is 0 Å². The minimum absolute atomic E-state index is 0.121. The molecule has 24 heavy (non-hydrogen) atoms. The normalized spacial score (nSPS) is 10.4. The van der Waals surface area contributed by atoms with Crippen molar-refractivity contribution in [3.05, 3.63) is 75.4 Å². The number of carbonyl (C=O) groups excluding carboxylic acids is 1. The summed E-state index contributed by atoms with van der Waals surface area (Å²) in [5.74, 6) is -0.517. The van der Waals surface area contributed by atoms with Crippen LogP contribution in [0.3, 0.4) is 0 Å². The molecule has 8 heteroatoms. The molecule has 0 unspecified atom stereocenters. The van der Waals surface area contributed by atoms with Crippen LogP contribution in [0.1, 0.15) is 10.5 Å². The smallest absolute Gasteiger partial charge is 0.292 e. The molecule has 3 rings (SSSR count). The van der Waals surface area contributed by atoms with Crippen LogP contribution in [-0.4, -0.2) is 21.0 Å². The summed E-state index contributed by atoms with van der Waals surface area (Å²) in [4.78, 5) is 22.7. The van der Waals surface area contributed by atoms with Crippen molar-refractivity contribution in [2.24, 2.45) is 0 Å². The van der Waals surface area contributed by atoms with Gasteiger partial charge in [-0.1, -0.05) is 35.9 Å². The minimum atomic E-state index is -0.554. The van der Waals surface area contributed by atoms with Gasteiger partial charge in [0.15, 0.2) is 0 Å². The van der Waals surface area contributed by atoms with Gasteiger partial charge < -0.3 is 5.32 Å². The number of amides is 1. The lowest BCUT2D eigenvalue weighted by Crippen LogP contribution is -2.13. The molecule has 0 saturated carbocycles. The molecule has 120 valence electrons. The molecule has 0 saturated heterocycles. The summed E-state index contributed by atoms with van der Waals surface area (Å²) in [5.41, 5.74) is 1.50. The molecular formula is C16H11ClN4O3. The number of nitrogens with one attached hydrogen (secondary N) is 2. The molecule has 2 N–H and O–H groups in total. The Balaban J connectivity index is 1.82. The van der Waals surface area contributed by atoms with Gasteiger partial charge in [0.25, 0.3) is 11.6 Å². The van der Waals surface area contributed by atoms with Crippen LogP contribution in [0.25, 0.3) is 11.3 Å². The fraction of sp³-hybridized carbons (Fsp3) is 0. The molecule has 0 atom stereocenters. The lowest BCUT2D eigenvalue weighted by Gasteiger charge is -2.03. The molecule has 1 amide bonds. The van der Waals surface area contributed by atoms with E-state index in [0.717, 1.165) is 5.56 Å². The Morgan fingerprint density at radius 3 is 2.58 bits per heavy atom. The van der Waals surface area contributed by atoms with E-state index in [1.54, 1.807) is 36.4 Å². The number of nitro benzene ring substituents is 1. The van der Waals surface area contributed by atoms with E-state index < -0.39 is 10.8 Å². The number of benzene rings is 2. The van der Waals surface area contributed by atoms with Crippen molar-refractivity contribution in [3.63, 3.8) is 0 Å². The lowest BCUT2D eigenvalue weighted by molar-refractivity contribution is -0.383. The predicted molar refractivity (Wildman–Crippen MR) is 90.1 cm³/mol. The summed E-state index contributed by atoms with van der Waals surface area (Å²) < 4.78 is 0. The van der Waals surface area contributed by atoms with Gasteiger partial charge in [-0.3, -0.25) is 20.0 Å². The number of hydrogen-bond acceptors (Lipinski definition) is 4. The first-order valence-corrected chi connectivity index (χ1v) is 7.28. The lowest BCUT2D eigenvalue weighted by atomic mass is 10.1. The molecule has 0 aliphatic rings. The highest BCUT2D eigenvalue weighted by atomic mass is 35.5. The maximum Gasteiger partial charge on any atom is 0.292 e. The number of halogens is 1. The fourth-order valence-corrected chi connectivity index (χ4v) is 2.26. The summed E-state index contributed by atoms with van der Waals surface area (Å²) in [7, 11) is 0. The van der Waals surface area contributed by atoms with Crippen LogP contribution in [0.4, 0.5) is 11.4 Å². The highest BCUT2D eigenvalue weighted by Crippen LogP contribution is 2.24. The van der Waals surface area contributed by atoms with Crippen molar-refractivity contribution in [2.75, 3.05) is 5.32 Å². The summed E-state index contributed by atoms with van der Waals surface area (Å²) in [6, 6.07) is 14.5. The van der Waals surface area contributed by atoms with E-state index in [-0.39, 0.29) is 17.1 Å². The molecule has 2 aromatic carbocycles. The highest BCUT2D eigenvalue weighted by molar-refractivity contribution is 6.30. The molecule has 1 aromatic heterocycles. The van der Waals surface area contributed by atoms with Crippen LogP contribution >= 0.6 is 11.6 Å². The average molecular weight is 343 g/mol. The predicted octanol–water partition coefficient (Wildman–Crippen LogP) is 3.89. The van der Waals surface area contributed by atoms with E-state index in [4.69, 9.17) is 11.6 Å². The Morgan fingerprint density at radius 2 is 1.88 bits per heavy atom. The van der Waals surface area contributed by atoms with Crippen LogP contribution in [0.2, 0.25) is 5.02 Å². The zero-order chi connectivity index (χ0) is 17.1. The van der Waals surface area contributed by atoms with Gasteiger partial charge in [0, 0.05) is 16.7 Å². The van der Waals surface area contributed by atoms with Crippen molar-refractivity contribution >= 4 is 28.9 Å². The van der Waals surface area contributed by atoms with Gasteiger partial charge in [-0.2, -0.15) is 5.10 Å². The van der Waals surface area contributed by atoms with Crippen molar-refractivity contribution in [2.45, 2.75) is 0 Å². The van der Waals surface area contributed by atoms with E-state index in [1.807, 2.05) is 0 Å². The van der Waals surface area contributed by atoms with Crippen LogP contribution in [0.15, 0.2) is 54.6 Å². The Bertz CT molecular complexity index is 906. The third-order valence-electron chi connectivity index (χ3n) is 3.31. The van der Waals surface area contributed by atoms with Crippen LogP contribution in [0, 0.1) is 10.1 Å². The van der Waals surface area contributed by atoms with E-state index in [0.29, 0.717) is 10.7 Å². The van der Waals surface area contributed by atoms with Gasteiger partial charge in [0.2, 0.25) is 0 Å². The number of carbonyl (C=O) groups is 1. The molecule has 0 spiro atoms. The minimum Gasteiger partial charge on any atom is -0.315 e. The van der Waals surface area contributed by atoms with Gasteiger partial charge >= 0.3 is 0 Å². The Kier molecular flexibility index (Phi) is 4.26. The molecule has 0 bridgehead atoms. The van der Waals surface area contributed by atoms with Gasteiger partial charge in [-0.15, -0.1) is 0 Å². The summed E-state index contributed by atoms with van der Waals surface area (Å²) in [6.07, 6.45) is 0. The zero-order valence-corrected chi connectivity index (χ0v) is 12.9. The van der Waals surface area contributed by atoms with Crippen molar-refractivity contribution in [3.8, 4) is 11.3 Å². The molecule has 7 nitrogen and oxygen atoms in total. The number of nitrogens with zero attached hydrogens (tertiary/aromatic N) is 2.